The molecule has 0 amide bonds. The van der Waals surface area contributed by atoms with Gasteiger partial charge in [0.2, 0.25) is 0 Å². The van der Waals surface area contributed by atoms with E-state index >= 15 is 0 Å². The van der Waals surface area contributed by atoms with Gasteiger partial charge in [0, 0.05) is 0 Å². The maximum atomic E-state index is 2.38. The Kier molecular flexibility index (Phi) is 4.76. The van der Waals surface area contributed by atoms with Crippen molar-refractivity contribution in [3.63, 3.8) is 0 Å². The van der Waals surface area contributed by atoms with Crippen LogP contribution in [0.25, 0.3) is 0 Å². The van der Waals surface area contributed by atoms with Gasteiger partial charge in [-0.1, -0.05) is 97.8 Å². The van der Waals surface area contributed by atoms with Gasteiger partial charge in [0.25, 0.3) is 0 Å². The van der Waals surface area contributed by atoms with Crippen LogP contribution in [0.3, 0.4) is 0 Å². The second-order valence-electron chi connectivity index (χ2n) is 6.55. The fourth-order valence-electron chi connectivity index (χ4n) is 3.85. The topological polar surface area (TPSA) is 0 Å². The predicted octanol–water partition coefficient (Wildman–Crippen LogP) is 5.10. The zero-order valence-corrected chi connectivity index (χ0v) is 14.8. The predicted molar refractivity (Wildman–Crippen MR) is 106 cm³/mol. The fraction of sp³-hybridized carbons (Fsp3) is 0.217. The molecule has 0 N–H and O–H groups in total. The summed E-state index contributed by atoms with van der Waals surface area (Å²) in [6.45, 7) is 0. The highest BCUT2D eigenvalue weighted by molar-refractivity contribution is 7.79. The van der Waals surface area contributed by atoms with Gasteiger partial charge in [0.05, 0.1) is 0 Å². The molecule has 1 aliphatic carbocycles. The summed E-state index contributed by atoms with van der Waals surface area (Å²) in [5.41, 5.74) is 1.59. The molecule has 24 heavy (non-hydrogen) atoms. The second kappa shape index (κ2) is 7.32. The maximum Gasteiger partial charge on any atom is -0.0116 e. The Morgan fingerprint density at radius 2 is 1.08 bits per heavy atom. The minimum absolute atomic E-state index is 0.483. The van der Waals surface area contributed by atoms with Crippen LogP contribution >= 0.6 is 7.92 Å². The molecule has 4 rings (SSSR count). The molecule has 0 nitrogen and oxygen atoms in total. The molecule has 0 bridgehead atoms. The van der Waals surface area contributed by atoms with E-state index in [9.17, 15) is 0 Å². The smallest absolute Gasteiger partial charge is 0.0116 e. The molecule has 1 fully saturated rings. The Bertz CT molecular complexity index is 734. The molecule has 1 saturated carbocycles. The number of hydrogen-bond donors (Lipinski definition) is 0. The van der Waals surface area contributed by atoms with Gasteiger partial charge >= 0.3 is 0 Å². The summed E-state index contributed by atoms with van der Waals surface area (Å²) >= 11 is 0. The lowest BCUT2D eigenvalue weighted by atomic mass is 9.98. The summed E-state index contributed by atoms with van der Waals surface area (Å²) in [5.74, 6) is 0.749. The average Bonchev–Trinajstić information content (AvgIpc) is 3.19. The highest BCUT2D eigenvalue weighted by Crippen LogP contribution is 2.40. The zero-order valence-electron chi connectivity index (χ0n) is 13.9. The quantitative estimate of drug-likeness (QED) is 0.584. The Balaban J connectivity index is 1.86. The lowest BCUT2D eigenvalue weighted by molar-refractivity contribution is 0.728. The molecule has 3 aromatic rings. The Hall–Kier alpha value is -1.91. The van der Waals surface area contributed by atoms with Crippen LogP contribution in [-0.2, 0) is 0 Å². The normalized spacial score (nSPS) is 15.0. The Morgan fingerprint density at radius 1 is 0.583 bits per heavy atom. The van der Waals surface area contributed by atoms with Gasteiger partial charge < -0.3 is 0 Å². The van der Waals surface area contributed by atoms with Crippen molar-refractivity contribution >= 4 is 23.8 Å². The molecule has 120 valence electrons. The van der Waals surface area contributed by atoms with E-state index in [-0.39, 0.29) is 0 Å². The molecule has 0 unspecified atom stereocenters. The number of benzene rings is 3. The van der Waals surface area contributed by atoms with Gasteiger partial charge in [-0.3, -0.25) is 0 Å². The summed E-state index contributed by atoms with van der Waals surface area (Å²) in [5, 5.41) is 4.45. The SMILES string of the molecule is c1ccc(P(c2ccccc2)c2ccccc2C2CCCC2)cc1. The molecule has 0 radical (unpaired) electrons. The molecular formula is C23H23P. The van der Waals surface area contributed by atoms with Crippen LogP contribution in [0.1, 0.15) is 37.2 Å². The van der Waals surface area contributed by atoms with E-state index < -0.39 is 7.92 Å². The number of rotatable bonds is 4. The Morgan fingerprint density at radius 3 is 1.67 bits per heavy atom. The van der Waals surface area contributed by atoms with E-state index in [1.807, 2.05) is 0 Å². The molecule has 0 spiro atoms. The third kappa shape index (κ3) is 3.17. The lowest BCUT2D eigenvalue weighted by Gasteiger charge is -2.24. The highest BCUT2D eigenvalue weighted by atomic mass is 31.1. The van der Waals surface area contributed by atoms with E-state index in [4.69, 9.17) is 0 Å². The summed E-state index contributed by atoms with van der Waals surface area (Å²) in [4.78, 5) is 0. The van der Waals surface area contributed by atoms with Crippen molar-refractivity contribution < 1.29 is 0 Å². The summed E-state index contributed by atoms with van der Waals surface area (Å²) < 4.78 is 0. The van der Waals surface area contributed by atoms with Gasteiger partial charge in [0.1, 0.15) is 0 Å². The first-order chi connectivity index (χ1) is 11.9. The van der Waals surface area contributed by atoms with Crippen molar-refractivity contribution in [2.45, 2.75) is 31.6 Å². The minimum atomic E-state index is -0.483. The zero-order chi connectivity index (χ0) is 16.2. The molecule has 0 atom stereocenters. The van der Waals surface area contributed by atoms with Gasteiger partial charge in [-0.05, 0) is 48.2 Å². The first kappa shape index (κ1) is 15.6. The Labute approximate surface area is 146 Å². The largest absolute Gasteiger partial charge is 0.0622 e. The van der Waals surface area contributed by atoms with E-state index in [0.29, 0.717) is 0 Å². The van der Waals surface area contributed by atoms with Crippen molar-refractivity contribution in [1.29, 1.82) is 0 Å². The lowest BCUT2D eigenvalue weighted by Crippen LogP contribution is -2.24. The maximum absolute atomic E-state index is 2.38. The van der Waals surface area contributed by atoms with Crippen LogP contribution in [0.2, 0.25) is 0 Å². The fourth-order valence-corrected chi connectivity index (χ4v) is 6.40. The van der Waals surface area contributed by atoms with E-state index in [1.165, 1.54) is 36.3 Å². The van der Waals surface area contributed by atoms with Crippen LogP contribution in [0.15, 0.2) is 84.9 Å². The van der Waals surface area contributed by atoms with Gasteiger partial charge in [-0.2, -0.15) is 0 Å². The van der Waals surface area contributed by atoms with Crippen molar-refractivity contribution in [2.75, 3.05) is 0 Å². The van der Waals surface area contributed by atoms with Crippen molar-refractivity contribution in [2.24, 2.45) is 0 Å². The molecule has 0 saturated heterocycles. The standard InChI is InChI=1S/C23H23P/c1-3-13-20(14-4-1)24(21-15-5-2-6-16-21)23-18-10-9-17-22(23)19-11-7-8-12-19/h1-6,9-10,13-19H,7-8,11-12H2. The van der Waals surface area contributed by atoms with Crippen LogP contribution in [0.4, 0.5) is 0 Å². The van der Waals surface area contributed by atoms with Crippen LogP contribution in [0.5, 0.6) is 0 Å². The van der Waals surface area contributed by atoms with Crippen LogP contribution in [-0.4, -0.2) is 0 Å². The average molecular weight is 330 g/mol. The van der Waals surface area contributed by atoms with E-state index in [1.54, 1.807) is 10.9 Å². The van der Waals surface area contributed by atoms with Crippen molar-refractivity contribution in [3.05, 3.63) is 90.5 Å². The summed E-state index contributed by atoms with van der Waals surface area (Å²) in [7, 11) is -0.483. The van der Waals surface area contributed by atoms with E-state index in [0.717, 1.165) is 5.92 Å². The summed E-state index contributed by atoms with van der Waals surface area (Å²) in [6.07, 6.45) is 5.47. The van der Waals surface area contributed by atoms with E-state index in [2.05, 4.69) is 84.9 Å². The van der Waals surface area contributed by atoms with Crippen molar-refractivity contribution in [3.8, 4) is 0 Å². The van der Waals surface area contributed by atoms with Gasteiger partial charge in [0.15, 0.2) is 0 Å². The highest BCUT2D eigenvalue weighted by Gasteiger charge is 2.24. The first-order valence-corrected chi connectivity index (χ1v) is 10.3. The molecule has 3 aromatic carbocycles. The second-order valence-corrected chi connectivity index (χ2v) is 8.73. The van der Waals surface area contributed by atoms with Crippen LogP contribution in [0, 0.1) is 0 Å². The molecule has 0 heterocycles. The summed E-state index contributed by atoms with van der Waals surface area (Å²) in [6, 6.07) is 31.3. The van der Waals surface area contributed by atoms with Crippen molar-refractivity contribution in [1.82, 2.24) is 0 Å². The van der Waals surface area contributed by atoms with Crippen LogP contribution < -0.4 is 15.9 Å². The molecular weight excluding hydrogens is 307 g/mol. The first-order valence-electron chi connectivity index (χ1n) is 8.92. The van der Waals surface area contributed by atoms with Gasteiger partial charge in [-0.25, -0.2) is 0 Å². The number of hydrogen-bond acceptors (Lipinski definition) is 0. The minimum Gasteiger partial charge on any atom is -0.0622 e. The molecule has 1 aliphatic rings. The van der Waals surface area contributed by atoms with Gasteiger partial charge in [-0.15, -0.1) is 0 Å². The molecule has 0 aliphatic heterocycles. The molecule has 1 heteroatoms. The molecule has 0 aromatic heterocycles. The third-order valence-corrected chi connectivity index (χ3v) is 7.52. The monoisotopic (exact) mass is 330 g/mol. The third-order valence-electron chi connectivity index (χ3n) is 5.00.